The second kappa shape index (κ2) is 7.95. The van der Waals surface area contributed by atoms with Gasteiger partial charge in [0.05, 0.1) is 5.52 Å². The Hall–Kier alpha value is -3.35. The fraction of sp³-hybridized carbons (Fsp3) is 0.318. The number of aryl methyl sites for hydroxylation is 2. The van der Waals surface area contributed by atoms with Gasteiger partial charge in [-0.3, -0.25) is 14.2 Å². The van der Waals surface area contributed by atoms with E-state index in [1.54, 1.807) is 22.5 Å². The molecule has 7 heteroatoms. The summed E-state index contributed by atoms with van der Waals surface area (Å²) in [6, 6.07) is 12.9. The summed E-state index contributed by atoms with van der Waals surface area (Å²) in [6.45, 7) is 2.72. The molecular weight excluding hydrogens is 370 g/mol. The van der Waals surface area contributed by atoms with Crippen LogP contribution in [0.5, 0.6) is 0 Å². The molecule has 0 fully saturated rings. The van der Waals surface area contributed by atoms with Gasteiger partial charge in [0.2, 0.25) is 11.8 Å². The zero-order valence-corrected chi connectivity index (χ0v) is 16.3. The van der Waals surface area contributed by atoms with Crippen LogP contribution in [0.1, 0.15) is 31.7 Å². The largest absolute Gasteiger partial charge is 0.419 e. The van der Waals surface area contributed by atoms with Gasteiger partial charge in [0.25, 0.3) is 0 Å². The molecule has 0 radical (unpaired) electrons. The SMILES string of the molecule is CC(=O)N1CCCc2cc(NC(=O)CCCn3c(=O)oc4ccccc43)ccc21. The second-order valence-corrected chi connectivity index (χ2v) is 7.26. The van der Waals surface area contributed by atoms with E-state index in [0.717, 1.165) is 41.8 Å². The van der Waals surface area contributed by atoms with Crippen molar-refractivity contribution in [2.24, 2.45) is 0 Å². The summed E-state index contributed by atoms with van der Waals surface area (Å²) in [5.41, 5.74) is 4.01. The summed E-state index contributed by atoms with van der Waals surface area (Å²) in [7, 11) is 0. The minimum Gasteiger partial charge on any atom is -0.408 e. The van der Waals surface area contributed by atoms with Gasteiger partial charge in [-0.2, -0.15) is 0 Å². The maximum Gasteiger partial charge on any atom is 0.419 e. The third-order valence-corrected chi connectivity index (χ3v) is 5.22. The van der Waals surface area contributed by atoms with E-state index in [1.807, 2.05) is 36.4 Å². The Morgan fingerprint density at radius 1 is 1.17 bits per heavy atom. The summed E-state index contributed by atoms with van der Waals surface area (Å²) in [5, 5.41) is 2.91. The molecule has 1 aliphatic heterocycles. The summed E-state index contributed by atoms with van der Waals surface area (Å²) in [5.74, 6) is -0.480. The highest BCUT2D eigenvalue weighted by atomic mass is 16.4. The Balaban J connectivity index is 1.37. The van der Waals surface area contributed by atoms with Gasteiger partial charge in [-0.25, -0.2) is 4.79 Å². The normalized spacial score (nSPS) is 13.3. The minimum absolute atomic E-state index is 0.0322. The summed E-state index contributed by atoms with van der Waals surface area (Å²) < 4.78 is 6.76. The lowest BCUT2D eigenvalue weighted by atomic mass is 10.0. The van der Waals surface area contributed by atoms with E-state index in [4.69, 9.17) is 4.42 Å². The van der Waals surface area contributed by atoms with Crippen molar-refractivity contribution < 1.29 is 14.0 Å². The predicted octanol–water partition coefficient (Wildman–Crippen LogP) is 3.31. The average molecular weight is 393 g/mol. The highest BCUT2D eigenvalue weighted by Gasteiger charge is 2.20. The number of carbonyl (C=O) groups is 2. The van der Waals surface area contributed by atoms with Crippen molar-refractivity contribution in [2.45, 2.75) is 39.2 Å². The number of amides is 2. The molecule has 0 saturated carbocycles. The number of benzene rings is 2. The van der Waals surface area contributed by atoms with Crippen LogP contribution in [0.4, 0.5) is 11.4 Å². The molecule has 2 aromatic carbocycles. The molecule has 0 aliphatic carbocycles. The maximum atomic E-state index is 12.3. The number of aromatic nitrogens is 1. The van der Waals surface area contributed by atoms with Crippen LogP contribution in [-0.4, -0.2) is 22.9 Å². The monoisotopic (exact) mass is 393 g/mol. The minimum atomic E-state index is -0.406. The van der Waals surface area contributed by atoms with Crippen molar-refractivity contribution >= 4 is 34.3 Å². The first-order chi connectivity index (χ1) is 14.0. The van der Waals surface area contributed by atoms with Gasteiger partial charge in [-0.1, -0.05) is 12.1 Å². The predicted molar refractivity (Wildman–Crippen MR) is 111 cm³/mol. The van der Waals surface area contributed by atoms with E-state index in [1.165, 1.54) is 0 Å². The molecule has 1 N–H and O–H groups in total. The number of nitrogens with one attached hydrogen (secondary N) is 1. The van der Waals surface area contributed by atoms with E-state index in [9.17, 15) is 14.4 Å². The fourth-order valence-electron chi connectivity index (χ4n) is 3.85. The smallest absolute Gasteiger partial charge is 0.408 e. The zero-order valence-electron chi connectivity index (χ0n) is 16.3. The lowest BCUT2D eigenvalue weighted by Gasteiger charge is -2.29. The molecule has 1 aromatic heterocycles. The molecule has 0 spiro atoms. The van der Waals surface area contributed by atoms with Gasteiger partial charge in [-0.15, -0.1) is 0 Å². The lowest BCUT2D eigenvalue weighted by Crippen LogP contribution is -2.33. The topological polar surface area (TPSA) is 84.5 Å². The Morgan fingerprint density at radius 2 is 2.00 bits per heavy atom. The molecule has 0 saturated heterocycles. The Bertz CT molecular complexity index is 1130. The first-order valence-corrected chi connectivity index (χ1v) is 9.82. The van der Waals surface area contributed by atoms with Gasteiger partial charge >= 0.3 is 5.76 Å². The van der Waals surface area contributed by atoms with Crippen LogP contribution in [0.15, 0.2) is 51.7 Å². The third-order valence-electron chi connectivity index (χ3n) is 5.22. The molecule has 0 atom stereocenters. The van der Waals surface area contributed by atoms with E-state index in [2.05, 4.69) is 5.32 Å². The van der Waals surface area contributed by atoms with Crippen LogP contribution in [0.2, 0.25) is 0 Å². The molecule has 2 amide bonds. The number of carbonyl (C=O) groups excluding carboxylic acids is 2. The maximum absolute atomic E-state index is 12.3. The van der Waals surface area contributed by atoms with Crippen molar-refractivity contribution in [3.8, 4) is 0 Å². The third kappa shape index (κ3) is 3.94. The molecule has 2 heterocycles. The number of fused-ring (bicyclic) bond motifs is 2. The second-order valence-electron chi connectivity index (χ2n) is 7.26. The van der Waals surface area contributed by atoms with Crippen molar-refractivity contribution in [3.05, 3.63) is 58.6 Å². The first-order valence-electron chi connectivity index (χ1n) is 9.82. The zero-order chi connectivity index (χ0) is 20.4. The number of para-hydroxylation sites is 2. The highest BCUT2D eigenvalue weighted by Crippen LogP contribution is 2.29. The van der Waals surface area contributed by atoms with Gasteiger partial charge in [0, 0.05) is 37.8 Å². The highest BCUT2D eigenvalue weighted by molar-refractivity contribution is 5.94. The molecule has 0 unspecified atom stereocenters. The van der Waals surface area contributed by atoms with Gasteiger partial charge in [-0.05, 0) is 55.2 Å². The van der Waals surface area contributed by atoms with E-state index in [-0.39, 0.29) is 11.8 Å². The first kappa shape index (κ1) is 19.0. The van der Waals surface area contributed by atoms with Crippen LogP contribution < -0.4 is 16.0 Å². The molecule has 0 bridgehead atoms. The summed E-state index contributed by atoms with van der Waals surface area (Å²) in [6.07, 6.45) is 2.62. The summed E-state index contributed by atoms with van der Waals surface area (Å²) >= 11 is 0. The quantitative estimate of drug-likeness (QED) is 0.721. The molecule has 29 heavy (non-hydrogen) atoms. The lowest BCUT2D eigenvalue weighted by molar-refractivity contribution is -0.117. The van der Waals surface area contributed by atoms with Crippen molar-refractivity contribution in [2.75, 3.05) is 16.8 Å². The number of rotatable bonds is 5. The van der Waals surface area contributed by atoms with Crippen LogP contribution in [0.25, 0.3) is 11.1 Å². The van der Waals surface area contributed by atoms with Gasteiger partial charge < -0.3 is 14.6 Å². The molecule has 3 aromatic rings. The number of nitrogens with zero attached hydrogens (tertiary/aromatic N) is 2. The average Bonchev–Trinajstić information content (AvgIpc) is 3.02. The van der Waals surface area contributed by atoms with E-state index < -0.39 is 5.76 Å². The van der Waals surface area contributed by atoms with Crippen LogP contribution in [-0.2, 0) is 22.6 Å². The number of anilines is 2. The van der Waals surface area contributed by atoms with Crippen molar-refractivity contribution in [1.29, 1.82) is 0 Å². The molecule has 7 nitrogen and oxygen atoms in total. The number of oxazole rings is 1. The van der Waals surface area contributed by atoms with Crippen LogP contribution in [0.3, 0.4) is 0 Å². The van der Waals surface area contributed by atoms with E-state index >= 15 is 0 Å². The Labute approximate surface area is 167 Å². The van der Waals surface area contributed by atoms with E-state index in [0.29, 0.717) is 25.0 Å². The molecule has 150 valence electrons. The van der Waals surface area contributed by atoms with Crippen LogP contribution in [0, 0.1) is 0 Å². The molecule has 1 aliphatic rings. The Kier molecular flexibility index (Phi) is 5.20. The van der Waals surface area contributed by atoms with Crippen molar-refractivity contribution in [1.82, 2.24) is 4.57 Å². The van der Waals surface area contributed by atoms with Gasteiger partial charge in [0.15, 0.2) is 5.58 Å². The van der Waals surface area contributed by atoms with Crippen LogP contribution >= 0.6 is 0 Å². The molecule has 4 rings (SSSR count). The van der Waals surface area contributed by atoms with Gasteiger partial charge in [0.1, 0.15) is 0 Å². The summed E-state index contributed by atoms with van der Waals surface area (Å²) in [4.78, 5) is 37.9. The standard InChI is InChI=1S/C22H23N3O4/c1-15(26)24-12-4-6-16-14-17(10-11-18(16)24)23-21(27)9-5-13-25-19-7-2-3-8-20(19)29-22(25)28/h2-3,7-8,10-11,14H,4-6,9,12-13H2,1H3,(H,23,27). The fourth-order valence-corrected chi connectivity index (χ4v) is 3.85. The molecular formula is C22H23N3O4. The number of hydrogen-bond acceptors (Lipinski definition) is 4. The number of hydrogen-bond donors (Lipinski definition) is 1. The van der Waals surface area contributed by atoms with Crippen molar-refractivity contribution in [3.63, 3.8) is 0 Å². The Morgan fingerprint density at radius 3 is 2.83 bits per heavy atom.